The highest BCUT2D eigenvalue weighted by Gasteiger charge is 2.14. The normalized spacial score (nSPS) is 10.4. The van der Waals surface area contributed by atoms with E-state index in [-0.39, 0.29) is 11.3 Å². The number of nitrogens with zero attached hydrogens (tertiary/aromatic N) is 1. The van der Waals surface area contributed by atoms with Gasteiger partial charge in [-0.1, -0.05) is 30.7 Å². The minimum absolute atomic E-state index is 0.0251. The zero-order valence-electron chi connectivity index (χ0n) is 11.9. The maximum atomic E-state index is 11.3. The fourth-order valence-corrected chi connectivity index (χ4v) is 2.21. The third-order valence-corrected chi connectivity index (χ3v) is 3.29. The first-order valence-electron chi connectivity index (χ1n) is 6.70. The van der Waals surface area contributed by atoms with Crippen molar-refractivity contribution < 1.29 is 14.6 Å². The number of carboxylic acids is 1. The molecule has 21 heavy (non-hydrogen) atoms. The highest BCUT2D eigenvalue weighted by molar-refractivity contribution is 6.30. The van der Waals surface area contributed by atoms with E-state index in [0.717, 1.165) is 5.56 Å². The van der Waals surface area contributed by atoms with Crippen molar-refractivity contribution >= 4 is 17.6 Å². The molecule has 0 atom stereocenters. The number of rotatable bonds is 5. The Labute approximate surface area is 128 Å². The third kappa shape index (κ3) is 3.34. The molecule has 0 N–H and O–H groups in total. The van der Waals surface area contributed by atoms with E-state index in [9.17, 15) is 9.90 Å². The van der Waals surface area contributed by atoms with Crippen molar-refractivity contribution in [2.75, 3.05) is 6.61 Å². The number of pyridine rings is 1. The van der Waals surface area contributed by atoms with Crippen LogP contribution in [0, 0.1) is 0 Å². The van der Waals surface area contributed by atoms with Crippen LogP contribution in [0.4, 0.5) is 0 Å². The number of aromatic nitrogens is 1. The molecule has 2 aromatic rings. The lowest BCUT2D eigenvalue weighted by atomic mass is 10.1. The molecular formula is C16H15ClNO3-. The van der Waals surface area contributed by atoms with Crippen LogP contribution in [-0.2, 0) is 6.42 Å². The molecular weight excluding hydrogens is 290 g/mol. The van der Waals surface area contributed by atoms with Crippen molar-refractivity contribution in [2.45, 2.75) is 20.3 Å². The van der Waals surface area contributed by atoms with Gasteiger partial charge in [-0.3, -0.25) is 4.98 Å². The summed E-state index contributed by atoms with van der Waals surface area (Å²) in [6.07, 6.45) is 0.477. The summed E-state index contributed by atoms with van der Waals surface area (Å²) in [6, 6.07) is 8.81. The molecule has 0 saturated carbocycles. The smallest absolute Gasteiger partial charge is 0.132 e. The van der Waals surface area contributed by atoms with Crippen LogP contribution in [0.5, 0.6) is 5.75 Å². The van der Waals surface area contributed by atoms with Gasteiger partial charge in [-0.25, -0.2) is 0 Å². The molecule has 0 aliphatic carbocycles. The lowest BCUT2D eigenvalue weighted by molar-refractivity contribution is -0.255. The summed E-state index contributed by atoms with van der Waals surface area (Å²) >= 11 is 5.87. The monoisotopic (exact) mass is 304 g/mol. The number of carboxylic acid groups (broad SMARTS) is 1. The summed E-state index contributed by atoms with van der Waals surface area (Å²) in [5, 5.41) is 12.0. The van der Waals surface area contributed by atoms with Crippen molar-refractivity contribution in [3.8, 4) is 17.0 Å². The molecule has 5 heteroatoms. The van der Waals surface area contributed by atoms with Crippen molar-refractivity contribution in [3.05, 3.63) is 46.6 Å². The molecule has 110 valence electrons. The summed E-state index contributed by atoms with van der Waals surface area (Å²) in [4.78, 5) is 15.7. The van der Waals surface area contributed by atoms with E-state index < -0.39 is 5.97 Å². The summed E-state index contributed by atoms with van der Waals surface area (Å²) in [7, 11) is 0. The molecule has 4 nitrogen and oxygen atoms in total. The predicted molar refractivity (Wildman–Crippen MR) is 79.6 cm³/mol. The Morgan fingerprint density at radius 2 is 1.95 bits per heavy atom. The molecule has 0 unspecified atom stereocenters. The number of carbonyl (C=O) groups is 1. The number of aromatic carboxylic acids is 1. The maximum Gasteiger partial charge on any atom is 0.132 e. The zero-order valence-corrected chi connectivity index (χ0v) is 12.6. The number of benzene rings is 1. The summed E-state index contributed by atoms with van der Waals surface area (Å²) < 4.78 is 5.44. The molecule has 2 rings (SSSR count). The largest absolute Gasteiger partial charge is 0.545 e. The predicted octanol–water partition coefficient (Wildman–Crippen LogP) is 2.73. The molecule has 0 aliphatic rings. The van der Waals surface area contributed by atoms with Gasteiger partial charge >= 0.3 is 0 Å². The van der Waals surface area contributed by atoms with Crippen molar-refractivity contribution in [3.63, 3.8) is 0 Å². The average Bonchev–Trinajstić information content (AvgIpc) is 2.47. The molecule has 1 aromatic carbocycles. The van der Waals surface area contributed by atoms with Crippen LogP contribution in [0.2, 0.25) is 5.02 Å². The van der Waals surface area contributed by atoms with Gasteiger partial charge in [-0.15, -0.1) is 0 Å². The quantitative estimate of drug-likeness (QED) is 0.852. The van der Waals surface area contributed by atoms with Crippen LogP contribution in [0.25, 0.3) is 11.3 Å². The topological polar surface area (TPSA) is 62.2 Å². The van der Waals surface area contributed by atoms with Crippen LogP contribution in [0.1, 0.15) is 29.9 Å². The first-order valence-corrected chi connectivity index (χ1v) is 7.08. The number of hydrogen-bond donors (Lipinski definition) is 0. The maximum absolute atomic E-state index is 11.3. The minimum atomic E-state index is -1.27. The summed E-state index contributed by atoms with van der Waals surface area (Å²) in [5.41, 5.74) is 1.97. The molecule has 0 aliphatic heterocycles. The summed E-state index contributed by atoms with van der Waals surface area (Å²) in [6.45, 7) is 4.01. The Bertz CT molecular complexity index is 653. The van der Waals surface area contributed by atoms with E-state index >= 15 is 0 Å². The minimum Gasteiger partial charge on any atom is -0.545 e. The highest BCUT2D eigenvalue weighted by atomic mass is 35.5. The first kappa shape index (κ1) is 15.3. The Morgan fingerprint density at radius 1 is 1.29 bits per heavy atom. The van der Waals surface area contributed by atoms with Gasteiger partial charge in [0, 0.05) is 16.7 Å². The van der Waals surface area contributed by atoms with Gasteiger partial charge < -0.3 is 14.6 Å². The van der Waals surface area contributed by atoms with E-state index in [2.05, 4.69) is 4.98 Å². The van der Waals surface area contributed by atoms with Crippen molar-refractivity contribution in [1.82, 2.24) is 4.98 Å². The molecule has 1 heterocycles. The molecule has 0 radical (unpaired) electrons. The molecule has 0 bridgehead atoms. The van der Waals surface area contributed by atoms with E-state index in [1.54, 1.807) is 25.1 Å². The van der Waals surface area contributed by atoms with Gasteiger partial charge in [0.15, 0.2) is 0 Å². The lowest BCUT2D eigenvalue weighted by Crippen LogP contribution is -2.25. The number of carbonyl (C=O) groups excluding carboxylic acids is 1. The second-order valence-electron chi connectivity index (χ2n) is 4.41. The highest BCUT2D eigenvalue weighted by Crippen LogP contribution is 2.29. The van der Waals surface area contributed by atoms with Crippen LogP contribution >= 0.6 is 11.6 Å². The van der Waals surface area contributed by atoms with Gasteiger partial charge in [0.1, 0.15) is 5.75 Å². The Balaban J connectivity index is 2.60. The molecule has 0 saturated heterocycles. The number of aryl methyl sites for hydroxylation is 1. The van der Waals surface area contributed by atoms with E-state index in [4.69, 9.17) is 16.3 Å². The molecule has 0 amide bonds. The molecule has 0 spiro atoms. The van der Waals surface area contributed by atoms with Crippen LogP contribution in [0.3, 0.4) is 0 Å². The Morgan fingerprint density at radius 3 is 2.48 bits per heavy atom. The molecule has 0 fully saturated rings. The Hall–Kier alpha value is -2.07. The average molecular weight is 305 g/mol. The van der Waals surface area contributed by atoms with E-state index in [1.165, 1.54) is 0 Å². The second-order valence-corrected chi connectivity index (χ2v) is 4.84. The number of halogens is 1. The van der Waals surface area contributed by atoms with Crippen molar-refractivity contribution in [2.24, 2.45) is 0 Å². The third-order valence-electron chi connectivity index (χ3n) is 3.04. The van der Waals surface area contributed by atoms with Gasteiger partial charge in [0.25, 0.3) is 0 Å². The molecule has 1 aromatic heterocycles. The zero-order chi connectivity index (χ0) is 15.4. The fourth-order valence-electron chi connectivity index (χ4n) is 2.08. The van der Waals surface area contributed by atoms with Crippen LogP contribution in [-0.4, -0.2) is 17.6 Å². The number of hydrogen-bond acceptors (Lipinski definition) is 4. The van der Waals surface area contributed by atoms with E-state index in [0.29, 0.717) is 29.4 Å². The van der Waals surface area contributed by atoms with Crippen LogP contribution < -0.4 is 9.84 Å². The van der Waals surface area contributed by atoms with Gasteiger partial charge in [0.2, 0.25) is 0 Å². The number of ether oxygens (including phenoxy) is 1. The lowest BCUT2D eigenvalue weighted by Gasteiger charge is -2.16. The van der Waals surface area contributed by atoms with Gasteiger partial charge in [-0.05, 0) is 25.5 Å². The fraction of sp³-hybridized carbons (Fsp3) is 0.250. The second kappa shape index (κ2) is 6.59. The summed E-state index contributed by atoms with van der Waals surface area (Å²) in [5.74, 6) is -0.986. The Kier molecular flexibility index (Phi) is 4.81. The standard InChI is InChI=1S/C16H16ClNO3/c1-3-12-15(16(19)20)14(21-4-2)9-13(18-12)10-5-7-11(17)8-6-10/h5-9H,3-4H2,1-2H3,(H,19,20)/p-1. The van der Waals surface area contributed by atoms with Gasteiger partial charge in [0.05, 0.1) is 29.5 Å². The van der Waals surface area contributed by atoms with Crippen LogP contribution in [0.15, 0.2) is 30.3 Å². The van der Waals surface area contributed by atoms with Gasteiger partial charge in [-0.2, -0.15) is 0 Å². The first-order chi connectivity index (χ1) is 10.1. The van der Waals surface area contributed by atoms with Crippen molar-refractivity contribution in [1.29, 1.82) is 0 Å². The van der Waals surface area contributed by atoms with E-state index in [1.807, 2.05) is 19.1 Å². The SMILES string of the molecule is CCOc1cc(-c2ccc(Cl)cc2)nc(CC)c1C(=O)[O-].